The molecule has 1 aliphatic heterocycles. The van der Waals surface area contributed by atoms with E-state index in [0.717, 1.165) is 17.0 Å². The Morgan fingerprint density at radius 3 is 2.32 bits per heavy atom. The summed E-state index contributed by atoms with van der Waals surface area (Å²) in [6, 6.07) is 10.8. The van der Waals surface area contributed by atoms with Gasteiger partial charge in [0.2, 0.25) is 5.67 Å². The molecule has 0 saturated carbocycles. The Labute approximate surface area is 145 Å². The molecule has 0 radical (unpaired) electrons. The van der Waals surface area contributed by atoms with Gasteiger partial charge in [0, 0.05) is 17.5 Å². The molecule has 0 aromatic heterocycles. The third kappa shape index (κ3) is 3.00. The van der Waals surface area contributed by atoms with Crippen molar-refractivity contribution < 1.29 is 27.5 Å². The van der Waals surface area contributed by atoms with Crippen LogP contribution in [0.25, 0.3) is 0 Å². The fraction of sp³-hybridized carbons (Fsp3) is 0.235. The number of para-hydroxylation sites is 1. The van der Waals surface area contributed by atoms with Crippen LogP contribution in [0, 0.1) is 0 Å². The van der Waals surface area contributed by atoms with Crippen LogP contribution in [0.4, 0.5) is 23.2 Å². The number of amides is 1. The van der Waals surface area contributed by atoms with Crippen molar-refractivity contribution >= 4 is 23.4 Å². The van der Waals surface area contributed by atoms with E-state index in [2.05, 4.69) is 0 Å². The van der Waals surface area contributed by atoms with Crippen molar-refractivity contribution in [2.45, 2.75) is 22.2 Å². The number of likely N-dealkylation sites (N-methyl/N-ethyl adjacent to an activating group) is 1. The molecule has 25 heavy (non-hydrogen) atoms. The predicted octanol–water partition coefficient (Wildman–Crippen LogP) is 4.17. The van der Waals surface area contributed by atoms with Crippen LogP contribution in [0.5, 0.6) is 0 Å². The van der Waals surface area contributed by atoms with Crippen LogP contribution in [0.15, 0.2) is 53.4 Å². The van der Waals surface area contributed by atoms with Gasteiger partial charge in [-0.15, -0.1) is 0 Å². The van der Waals surface area contributed by atoms with Crippen molar-refractivity contribution in [2.24, 2.45) is 0 Å². The molecule has 1 amide bonds. The van der Waals surface area contributed by atoms with Gasteiger partial charge < -0.3 is 10.0 Å². The van der Waals surface area contributed by atoms with Gasteiger partial charge in [0.15, 0.2) is 0 Å². The maximum absolute atomic E-state index is 15.6. The maximum atomic E-state index is 15.6. The molecule has 0 fully saturated rings. The molecule has 1 aliphatic rings. The number of thioether (sulfide) groups is 1. The van der Waals surface area contributed by atoms with Crippen molar-refractivity contribution in [3.8, 4) is 0 Å². The van der Waals surface area contributed by atoms with Gasteiger partial charge in [-0.1, -0.05) is 30.3 Å². The molecular weight excluding hydrogens is 358 g/mol. The number of rotatable bonds is 3. The first-order valence-corrected chi connectivity index (χ1v) is 8.06. The van der Waals surface area contributed by atoms with E-state index in [1.807, 2.05) is 0 Å². The standard InChI is InChI=1S/C17H13F4NO2S/c1-22-13-5-3-2-4-12(13)16(18,15(22)24)14(23)10-6-8-11(9-7-10)25-17(19,20)21/h2-9,14,23H,1H3/t14?,16-/m1/s1. The SMILES string of the molecule is CN1C(=O)[C@](F)(C(O)c2ccc(SC(F)(F)F)cc2)c2ccccc21. The Balaban J connectivity index is 1.95. The van der Waals surface area contributed by atoms with Crippen LogP contribution in [-0.2, 0) is 10.5 Å². The molecule has 8 heteroatoms. The zero-order valence-electron chi connectivity index (χ0n) is 12.9. The number of aliphatic hydroxyl groups is 1. The number of alkyl halides is 4. The highest BCUT2D eigenvalue weighted by atomic mass is 32.2. The third-order valence-corrected chi connectivity index (χ3v) is 4.82. The molecule has 2 atom stereocenters. The lowest BCUT2D eigenvalue weighted by molar-refractivity contribution is -0.137. The van der Waals surface area contributed by atoms with Gasteiger partial charge in [-0.05, 0) is 35.5 Å². The lowest BCUT2D eigenvalue weighted by atomic mass is 9.87. The van der Waals surface area contributed by atoms with E-state index >= 15 is 4.39 Å². The largest absolute Gasteiger partial charge is 0.446 e. The highest BCUT2D eigenvalue weighted by molar-refractivity contribution is 8.00. The van der Waals surface area contributed by atoms with Gasteiger partial charge in [0.1, 0.15) is 6.10 Å². The second-order valence-electron chi connectivity index (χ2n) is 5.61. The molecule has 0 aliphatic carbocycles. The lowest BCUT2D eigenvalue weighted by Gasteiger charge is -2.25. The maximum Gasteiger partial charge on any atom is 0.446 e. The highest BCUT2D eigenvalue weighted by Gasteiger charge is 2.56. The number of hydrogen-bond acceptors (Lipinski definition) is 3. The molecule has 3 nitrogen and oxygen atoms in total. The number of benzene rings is 2. The average molecular weight is 371 g/mol. The minimum Gasteiger partial charge on any atom is -0.384 e. The first-order chi connectivity index (χ1) is 11.6. The number of hydrogen-bond donors (Lipinski definition) is 1. The molecule has 0 saturated heterocycles. The summed E-state index contributed by atoms with van der Waals surface area (Å²) < 4.78 is 52.7. The molecule has 0 spiro atoms. The lowest BCUT2D eigenvalue weighted by Crippen LogP contribution is -2.39. The Morgan fingerprint density at radius 1 is 1.12 bits per heavy atom. The van der Waals surface area contributed by atoms with E-state index < -0.39 is 23.2 Å². The molecular formula is C17H13F4NO2S. The number of fused-ring (bicyclic) bond motifs is 1. The van der Waals surface area contributed by atoms with Gasteiger partial charge in [-0.25, -0.2) is 4.39 Å². The zero-order chi connectivity index (χ0) is 18.4. The fourth-order valence-corrected chi connectivity index (χ4v) is 3.43. The Kier molecular flexibility index (Phi) is 4.28. The second-order valence-corrected chi connectivity index (χ2v) is 6.75. The predicted molar refractivity (Wildman–Crippen MR) is 86.0 cm³/mol. The topological polar surface area (TPSA) is 40.5 Å². The number of aliphatic hydroxyl groups excluding tert-OH is 1. The third-order valence-electron chi connectivity index (χ3n) is 4.08. The van der Waals surface area contributed by atoms with Crippen molar-refractivity contribution in [3.63, 3.8) is 0 Å². The first-order valence-electron chi connectivity index (χ1n) is 7.25. The van der Waals surface area contributed by atoms with Crippen molar-refractivity contribution in [1.29, 1.82) is 0 Å². The van der Waals surface area contributed by atoms with Crippen LogP contribution in [-0.4, -0.2) is 23.6 Å². The normalized spacial score (nSPS) is 21.4. The van der Waals surface area contributed by atoms with Gasteiger partial charge in [-0.2, -0.15) is 13.2 Å². The molecule has 1 unspecified atom stereocenters. The highest BCUT2D eigenvalue weighted by Crippen LogP contribution is 2.49. The van der Waals surface area contributed by atoms with E-state index in [0.29, 0.717) is 5.69 Å². The number of anilines is 1. The van der Waals surface area contributed by atoms with Crippen molar-refractivity contribution in [3.05, 3.63) is 59.7 Å². The summed E-state index contributed by atoms with van der Waals surface area (Å²) in [6.45, 7) is 0. The summed E-state index contributed by atoms with van der Waals surface area (Å²) in [5.74, 6) is -0.921. The smallest absolute Gasteiger partial charge is 0.384 e. The van der Waals surface area contributed by atoms with Crippen LogP contribution in [0.3, 0.4) is 0 Å². The number of nitrogens with zero attached hydrogens (tertiary/aromatic N) is 1. The van der Waals surface area contributed by atoms with Gasteiger partial charge >= 0.3 is 5.51 Å². The van der Waals surface area contributed by atoms with Crippen molar-refractivity contribution in [2.75, 3.05) is 11.9 Å². The summed E-state index contributed by atoms with van der Waals surface area (Å²) in [5.41, 5.74) is -6.73. The molecule has 2 aromatic rings. The molecule has 1 heterocycles. The number of halogens is 4. The van der Waals surface area contributed by atoms with Crippen LogP contribution in [0.1, 0.15) is 17.2 Å². The Bertz CT molecular complexity index is 809. The molecule has 2 aromatic carbocycles. The van der Waals surface area contributed by atoms with Gasteiger partial charge in [-0.3, -0.25) is 4.79 Å². The van der Waals surface area contributed by atoms with Crippen LogP contribution in [0.2, 0.25) is 0 Å². The van der Waals surface area contributed by atoms with Crippen molar-refractivity contribution in [1.82, 2.24) is 0 Å². The minimum absolute atomic E-state index is 0.0208. The monoisotopic (exact) mass is 371 g/mol. The quantitative estimate of drug-likeness (QED) is 0.650. The Morgan fingerprint density at radius 2 is 1.72 bits per heavy atom. The van der Waals surface area contributed by atoms with E-state index in [4.69, 9.17) is 0 Å². The van der Waals surface area contributed by atoms with E-state index in [1.165, 1.54) is 25.2 Å². The molecule has 3 rings (SSSR count). The number of carbonyl (C=O) groups is 1. The fourth-order valence-electron chi connectivity index (χ4n) is 2.89. The van der Waals surface area contributed by atoms with Crippen LogP contribution < -0.4 is 4.90 Å². The summed E-state index contributed by atoms with van der Waals surface area (Å²) in [5, 5.41) is 10.5. The van der Waals surface area contributed by atoms with E-state index in [9.17, 15) is 23.1 Å². The van der Waals surface area contributed by atoms with E-state index in [1.54, 1.807) is 18.2 Å². The Hall–Kier alpha value is -2.06. The first kappa shape index (κ1) is 17.8. The molecule has 132 valence electrons. The molecule has 1 N–H and O–H groups in total. The summed E-state index contributed by atoms with van der Waals surface area (Å²) >= 11 is -0.309. The average Bonchev–Trinajstić information content (AvgIpc) is 2.77. The van der Waals surface area contributed by atoms with Gasteiger partial charge in [0.05, 0.1) is 5.69 Å². The second kappa shape index (κ2) is 6.03. The van der Waals surface area contributed by atoms with Crippen LogP contribution >= 0.6 is 11.8 Å². The minimum atomic E-state index is -4.44. The number of carbonyl (C=O) groups excluding carboxylic acids is 1. The summed E-state index contributed by atoms with van der Waals surface area (Å²) in [6.07, 6.45) is -1.84. The van der Waals surface area contributed by atoms with E-state index in [-0.39, 0.29) is 27.8 Å². The summed E-state index contributed by atoms with van der Waals surface area (Å²) in [7, 11) is 1.40. The van der Waals surface area contributed by atoms with Gasteiger partial charge in [0.25, 0.3) is 5.91 Å². The summed E-state index contributed by atoms with van der Waals surface area (Å²) in [4.78, 5) is 13.4. The molecule has 0 bridgehead atoms. The zero-order valence-corrected chi connectivity index (χ0v) is 13.7.